The first-order chi connectivity index (χ1) is 7.41. The SMILES string of the molecule is C=C1/C=C\C(C(=O)O)=N/CCC(C)(C)CC1. The monoisotopic (exact) mass is 221 g/mol. The van der Waals surface area contributed by atoms with Crippen LogP contribution in [0.25, 0.3) is 0 Å². The number of aliphatic carboxylic acids is 1. The molecule has 0 bridgehead atoms. The summed E-state index contributed by atoms with van der Waals surface area (Å²) in [7, 11) is 0. The van der Waals surface area contributed by atoms with E-state index in [9.17, 15) is 4.79 Å². The van der Waals surface area contributed by atoms with Gasteiger partial charge in [-0.1, -0.05) is 32.1 Å². The van der Waals surface area contributed by atoms with Crippen LogP contribution in [0, 0.1) is 5.41 Å². The number of carbonyl (C=O) groups is 1. The predicted octanol–water partition coefficient (Wildman–Crippen LogP) is 2.83. The van der Waals surface area contributed by atoms with Gasteiger partial charge in [-0.2, -0.15) is 0 Å². The third kappa shape index (κ3) is 4.01. The Balaban J connectivity index is 2.87. The number of allylic oxidation sites excluding steroid dienone is 2. The molecule has 0 saturated heterocycles. The van der Waals surface area contributed by atoms with Gasteiger partial charge in [0.05, 0.1) is 0 Å². The molecule has 0 aromatic rings. The highest BCUT2D eigenvalue weighted by Crippen LogP contribution is 2.29. The lowest BCUT2D eigenvalue weighted by Gasteiger charge is -2.24. The van der Waals surface area contributed by atoms with Crippen molar-refractivity contribution in [1.29, 1.82) is 0 Å². The lowest BCUT2D eigenvalue weighted by molar-refractivity contribution is -0.129. The van der Waals surface area contributed by atoms with Crippen LogP contribution < -0.4 is 0 Å². The van der Waals surface area contributed by atoms with Crippen molar-refractivity contribution in [2.45, 2.75) is 33.1 Å². The zero-order valence-electron chi connectivity index (χ0n) is 9.99. The summed E-state index contributed by atoms with van der Waals surface area (Å²) < 4.78 is 0. The Hall–Kier alpha value is -1.38. The molecule has 1 rings (SSSR count). The molecule has 3 nitrogen and oxygen atoms in total. The molecule has 1 aliphatic heterocycles. The normalized spacial score (nSPS) is 26.6. The first kappa shape index (κ1) is 12.7. The number of nitrogens with zero attached hydrogens (tertiary/aromatic N) is 1. The molecule has 0 atom stereocenters. The Morgan fingerprint density at radius 2 is 2.12 bits per heavy atom. The predicted molar refractivity (Wildman–Crippen MR) is 65.8 cm³/mol. The summed E-state index contributed by atoms with van der Waals surface area (Å²) in [6.45, 7) is 8.85. The molecule has 0 radical (unpaired) electrons. The summed E-state index contributed by atoms with van der Waals surface area (Å²) in [5, 5.41) is 8.92. The maximum Gasteiger partial charge on any atom is 0.354 e. The van der Waals surface area contributed by atoms with E-state index >= 15 is 0 Å². The van der Waals surface area contributed by atoms with Crippen molar-refractivity contribution >= 4 is 11.7 Å². The fraction of sp³-hybridized carbons (Fsp3) is 0.538. The van der Waals surface area contributed by atoms with Crippen LogP contribution in [0.3, 0.4) is 0 Å². The van der Waals surface area contributed by atoms with E-state index in [0.717, 1.165) is 24.8 Å². The Morgan fingerprint density at radius 1 is 1.44 bits per heavy atom. The van der Waals surface area contributed by atoms with Gasteiger partial charge in [0.1, 0.15) is 5.71 Å². The van der Waals surface area contributed by atoms with Crippen LogP contribution in [0.15, 0.2) is 29.3 Å². The summed E-state index contributed by atoms with van der Waals surface area (Å²) in [5.41, 5.74) is 1.28. The summed E-state index contributed by atoms with van der Waals surface area (Å²) in [6.07, 6.45) is 6.19. The van der Waals surface area contributed by atoms with E-state index in [1.54, 1.807) is 12.2 Å². The Labute approximate surface area is 96.6 Å². The topological polar surface area (TPSA) is 49.7 Å². The van der Waals surface area contributed by atoms with Crippen LogP contribution in [0.1, 0.15) is 33.1 Å². The van der Waals surface area contributed by atoms with Crippen molar-refractivity contribution in [2.75, 3.05) is 6.54 Å². The number of carboxylic acid groups (broad SMARTS) is 1. The maximum absolute atomic E-state index is 10.9. The molecule has 0 unspecified atom stereocenters. The minimum Gasteiger partial charge on any atom is -0.477 e. The fourth-order valence-electron chi connectivity index (χ4n) is 1.57. The van der Waals surface area contributed by atoms with Crippen molar-refractivity contribution < 1.29 is 9.90 Å². The van der Waals surface area contributed by atoms with Crippen LogP contribution >= 0.6 is 0 Å². The third-order valence-corrected chi connectivity index (χ3v) is 2.89. The number of carboxylic acids is 1. The van der Waals surface area contributed by atoms with Gasteiger partial charge in [-0.15, -0.1) is 0 Å². The minimum atomic E-state index is -0.970. The molecule has 0 saturated carbocycles. The highest BCUT2D eigenvalue weighted by molar-refractivity contribution is 6.40. The summed E-state index contributed by atoms with van der Waals surface area (Å²) in [6, 6.07) is 0. The van der Waals surface area contributed by atoms with E-state index in [1.165, 1.54) is 0 Å². The molecular weight excluding hydrogens is 202 g/mol. The fourth-order valence-corrected chi connectivity index (χ4v) is 1.57. The molecule has 0 aromatic heterocycles. The second-order valence-corrected chi connectivity index (χ2v) is 4.98. The average molecular weight is 221 g/mol. The molecule has 0 aliphatic carbocycles. The summed E-state index contributed by atoms with van der Waals surface area (Å²) in [4.78, 5) is 15.0. The minimum absolute atomic E-state index is 0.124. The van der Waals surface area contributed by atoms with E-state index < -0.39 is 5.97 Å². The van der Waals surface area contributed by atoms with Gasteiger partial charge in [-0.3, -0.25) is 4.99 Å². The van der Waals surface area contributed by atoms with Crippen LogP contribution in [0.5, 0.6) is 0 Å². The van der Waals surface area contributed by atoms with E-state index in [1.807, 2.05) is 0 Å². The maximum atomic E-state index is 10.9. The molecule has 1 aliphatic rings. The van der Waals surface area contributed by atoms with Crippen LogP contribution in [0.4, 0.5) is 0 Å². The highest BCUT2D eigenvalue weighted by atomic mass is 16.4. The molecule has 0 amide bonds. The number of hydrogen-bond acceptors (Lipinski definition) is 2. The zero-order chi connectivity index (χ0) is 12.2. The Kier molecular flexibility index (Phi) is 4.05. The molecule has 88 valence electrons. The second kappa shape index (κ2) is 5.10. The molecular formula is C13H19NO2. The van der Waals surface area contributed by atoms with Gasteiger partial charge in [0, 0.05) is 6.54 Å². The van der Waals surface area contributed by atoms with Gasteiger partial charge in [0.15, 0.2) is 0 Å². The van der Waals surface area contributed by atoms with Crippen LogP contribution in [-0.4, -0.2) is 23.3 Å². The van der Waals surface area contributed by atoms with Gasteiger partial charge in [0.25, 0.3) is 0 Å². The van der Waals surface area contributed by atoms with Crippen LogP contribution in [0.2, 0.25) is 0 Å². The lowest BCUT2D eigenvalue weighted by Crippen LogP contribution is -2.16. The summed E-state index contributed by atoms with van der Waals surface area (Å²) >= 11 is 0. The molecule has 3 heteroatoms. The number of aliphatic imine (C=N–C) groups is 1. The molecule has 0 fully saturated rings. The van der Waals surface area contributed by atoms with Crippen LogP contribution in [-0.2, 0) is 4.79 Å². The summed E-state index contributed by atoms with van der Waals surface area (Å²) in [5.74, 6) is -0.970. The van der Waals surface area contributed by atoms with Crippen molar-refractivity contribution in [3.63, 3.8) is 0 Å². The molecule has 0 spiro atoms. The standard InChI is InChI=1S/C13H19NO2/c1-10-4-5-11(12(15)16)14-9-8-13(2,3)7-6-10/h4-5H,1,6-9H2,2-3H3,(H,15,16)/b5-4-,14-11+. The smallest absolute Gasteiger partial charge is 0.354 e. The van der Waals surface area contributed by atoms with Crippen molar-refractivity contribution in [2.24, 2.45) is 10.4 Å². The Morgan fingerprint density at radius 3 is 2.75 bits per heavy atom. The van der Waals surface area contributed by atoms with Gasteiger partial charge in [-0.25, -0.2) is 4.79 Å². The third-order valence-electron chi connectivity index (χ3n) is 2.89. The van der Waals surface area contributed by atoms with E-state index in [4.69, 9.17) is 5.11 Å². The van der Waals surface area contributed by atoms with E-state index in [0.29, 0.717) is 6.54 Å². The van der Waals surface area contributed by atoms with Gasteiger partial charge in [0.2, 0.25) is 0 Å². The first-order valence-electron chi connectivity index (χ1n) is 5.54. The van der Waals surface area contributed by atoms with E-state index in [2.05, 4.69) is 25.4 Å². The quantitative estimate of drug-likeness (QED) is 0.740. The molecule has 1 heterocycles. The first-order valence-corrected chi connectivity index (χ1v) is 5.54. The number of hydrogen-bond donors (Lipinski definition) is 1. The lowest BCUT2D eigenvalue weighted by atomic mass is 9.83. The van der Waals surface area contributed by atoms with E-state index in [-0.39, 0.29) is 11.1 Å². The van der Waals surface area contributed by atoms with Gasteiger partial charge < -0.3 is 5.11 Å². The molecule has 16 heavy (non-hydrogen) atoms. The highest BCUT2D eigenvalue weighted by Gasteiger charge is 2.18. The van der Waals surface area contributed by atoms with Gasteiger partial charge in [-0.05, 0) is 30.8 Å². The second-order valence-electron chi connectivity index (χ2n) is 4.98. The molecule has 0 aromatic carbocycles. The van der Waals surface area contributed by atoms with Crippen molar-refractivity contribution in [1.82, 2.24) is 0 Å². The van der Waals surface area contributed by atoms with Gasteiger partial charge >= 0.3 is 5.97 Å². The zero-order valence-corrected chi connectivity index (χ0v) is 9.99. The van der Waals surface area contributed by atoms with Crippen molar-refractivity contribution in [3.8, 4) is 0 Å². The largest absolute Gasteiger partial charge is 0.477 e. The average Bonchev–Trinajstić information content (AvgIpc) is 2.19. The Bertz CT molecular complexity index is 351. The van der Waals surface area contributed by atoms with Crippen molar-refractivity contribution in [3.05, 3.63) is 24.3 Å². The molecule has 1 N–H and O–H groups in total. The number of rotatable bonds is 1.